The summed E-state index contributed by atoms with van der Waals surface area (Å²) in [6.45, 7) is 3.12. The van der Waals surface area contributed by atoms with Crippen LogP contribution in [0.3, 0.4) is 0 Å². The number of alkyl halides is 2. The summed E-state index contributed by atoms with van der Waals surface area (Å²) in [5, 5.41) is 2.76. The molecule has 160 valence electrons. The largest absolute Gasteiger partial charge is 0.493 e. The van der Waals surface area contributed by atoms with Gasteiger partial charge >= 0.3 is 18.6 Å². The van der Waals surface area contributed by atoms with E-state index in [2.05, 4.69) is 10.1 Å². The van der Waals surface area contributed by atoms with E-state index in [9.17, 15) is 18.4 Å². The maximum Gasteiger partial charge on any atom is 0.387 e. The molecular formula is C20H26F2N2O5. The molecule has 0 saturated carbocycles. The summed E-state index contributed by atoms with van der Waals surface area (Å²) in [6, 6.07) is 3.07. The first-order valence-electron chi connectivity index (χ1n) is 9.19. The first-order valence-corrected chi connectivity index (χ1v) is 9.19. The van der Waals surface area contributed by atoms with Crippen molar-refractivity contribution >= 4 is 12.0 Å². The van der Waals surface area contributed by atoms with Gasteiger partial charge in [-0.25, -0.2) is 9.59 Å². The van der Waals surface area contributed by atoms with E-state index in [1.165, 1.54) is 31.3 Å². The van der Waals surface area contributed by atoms with E-state index in [1.807, 2.05) is 13.8 Å². The number of urea groups is 1. The maximum absolute atomic E-state index is 12.8. The van der Waals surface area contributed by atoms with Gasteiger partial charge < -0.3 is 19.5 Å². The van der Waals surface area contributed by atoms with Crippen LogP contribution in [0.5, 0.6) is 11.5 Å². The highest BCUT2D eigenvalue weighted by molar-refractivity contribution is 5.95. The number of benzene rings is 1. The number of esters is 1. The van der Waals surface area contributed by atoms with Gasteiger partial charge in [0.15, 0.2) is 11.5 Å². The minimum absolute atomic E-state index is 0.107. The Morgan fingerprint density at radius 1 is 1.24 bits per heavy atom. The molecule has 2 rings (SSSR count). The molecule has 1 aromatic rings. The number of hydrogen-bond donors (Lipinski definition) is 1. The van der Waals surface area contributed by atoms with E-state index >= 15 is 0 Å². The number of rotatable bonds is 8. The van der Waals surface area contributed by atoms with Crippen LogP contribution in [0.1, 0.15) is 38.8 Å². The first-order chi connectivity index (χ1) is 13.7. The number of ether oxygens (including phenoxy) is 3. The molecular weight excluding hydrogens is 386 g/mol. The molecule has 0 radical (unpaired) electrons. The van der Waals surface area contributed by atoms with Crippen LogP contribution in [0.25, 0.3) is 0 Å². The van der Waals surface area contributed by atoms with Crippen molar-refractivity contribution in [2.24, 2.45) is 5.92 Å². The van der Waals surface area contributed by atoms with Gasteiger partial charge in [-0.15, -0.1) is 0 Å². The number of carbonyl (C=O) groups excluding carboxylic acids is 2. The van der Waals surface area contributed by atoms with Crippen molar-refractivity contribution in [1.82, 2.24) is 10.2 Å². The molecule has 0 unspecified atom stereocenters. The molecule has 1 aliphatic heterocycles. The highest BCUT2D eigenvalue weighted by Crippen LogP contribution is 2.36. The molecule has 0 aromatic heterocycles. The van der Waals surface area contributed by atoms with Gasteiger partial charge in [0.2, 0.25) is 0 Å². The van der Waals surface area contributed by atoms with Crippen molar-refractivity contribution in [2.45, 2.75) is 39.8 Å². The molecule has 2 amide bonds. The molecule has 1 heterocycles. The second kappa shape index (κ2) is 9.58. The standard InChI is InChI=1S/C20H26F2N2O5/c1-11(2)8-9-24-12(3)16(18(25)28-5)17(23-20(24)26)13-6-7-14(27-4)15(10-13)29-19(21)22/h6-7,10-11,17,19H,8-9H2,1-5H3,(H,23,26)/t17-/m0/s1. The Kier molecular flexibility index (Phi) is 7.41. The van der Waals surface area contributed by atoms with E-state index in [0.717, 1.165) is 6.42 Å². The van der Waals surface area contributed by atoms with Gasteiger partial charge in [-0.2, -0.15) is 8.78 Å². The van der Waals surface area contributed by atoms with Gasteiger partial charge in [0.25, 0.3) is 0 Å². The second-order valence-corrected chi connectivity index (χ2v) is 7.00. The van der Waals surface area contributed by atoms with Crippen molar-refractivity contribution in [2.75, 3.05) is 20.8 Å². The minimum atomic E-state index is -3.05. The smallest absolute Gasteiger partial charge is 0.387 e. The van der Waals surface area contributed by atoms with E-state index in [1.54, 1.807) is 13.0 Å². The molecule has 1 aliphatic rings. The third-order valence-corrected chi connectivity index (χ3v) is 4.67. The fraction of sp³-hybridized carbons (Fsp3) is 0.500. The number of nitrogens with one attached hydrogen (secondary N) is 1. The van der Waals surface area contributed by atoms with Gasteiger partial charge in [0.1, 0.15) is 0 Å². The lowest BCUT2D eigenvalue weighted by Crippen LogP contribution is -2.48. The minimum Gasteiger partial charge on any atom is -0.493 e. The molecule has 0 saturated heterocycles. The first kappa shape index (κ1) is 22.4. The Hall–Kier alpha value is -2.84. The average molecular weight is 412 g/mol. The monoisotopic (exact) mass is 412 g/mol. The Bertz CT molecular complexity index is 795. The number of halogens is 2. The Labute approximate surface area is 168 Å². The van der Waals surface area contributed by atoms with Gasteiger partial charge in [-0.05, 0) is 37.0 Å². The van der Waals surface area contributed by atoms with Crippen LogP contribution in [0.15, 0.2) is 29.5 Å². The van der Waals surface area contributed by atoms with Crippen molar-refractivity contribution in [3.63, 3.8) is 0 Å². The van der Waals surface area contributed by atoms with E-state index < -0.39 is 18.6 Å². The van der Waals surface area contributed by atoms with Crippen LogP contribution >= 0.6 is 0 Å². The lowest BCUT2D eigenvalue weighted by Gasteiger charge is -2.35. The second-order valence-electron chi connectivity index (χ2n) is 7.00. The lowest BCUT2D eigenvalue weighted by atomic mass is 9.94. The normalized spacial score (nSPS) is 16.9. The number of amides is 2. The molecule has 9 heteroatoms. The SMILES string of the molecule is COC(=O)C1=C(C)N(CCC(C)C)C(=O)N[C@H]1c1ccc(OC)c(OC(F)F)c1. The summed E-state index contributed by atoms with van der Waals surface area (Å²) in [5.74, 6) is -0.340. The van der Waals surface area contributed by atoms with Crippen LogP contribution < -0.4 is 14.8 Å². The van der Waals surface area contributed by atoms with Crippen molar-refractivity contribution in [3.8, 4) is 11.5 Å². The summed E-state index contributed by atoms with van der Waals surface area (Å²) in [6.07, 6.45) is 0.749. The van der Waals surface area contributed by atoms with Crippen LogP contribution in [-0.2, 0) is 9.53 Å². The van der Waals surface area contributed by atoms with E-state index in [0.29, 0.717) is 23.7 Å². The molecule has 1 atom stereocenters. The fourth-order valence-electron chi connectivity index (χ4n) is 3.12. The topological polar surface area (TPSA) is 77.1 Å². The van der Waals surface area contributed by atoms with Crippen LogP contribution in [0, 0.1) is 5.92 Å². The highest BCUT2D eigenvalue weighted by Gasteiger charge is 2.36. The van der Waals surface area contributed by atoms with Crippen LogP contribution in [0.2, 0.25) is 0 Å². The van der Waals surface area contributed by atoms with E-state index in [4.69, 9.17) is 9.47 Å². The Balaban J connectivity index is 2.50. The Morgan fingerprint density at radius 3 is 2.48 bits per heavy atom. The highest BCUT2D eigenvalue weighted by atomic mass is 19.3. The predicted octanol–water partition coefficient (Wildman–Crippen LogP) is 3.86. The number of methoxy groups -OCH3 is 2. The molecule has 0 aliphatic carbocycles. The number of hydrogen-bond acceptors (Lipinski definition) is 5. The number of allylic oxidation sites excluding steroid dienone is 1. The number of carbonyl (C=O) groups is 2. The summed E-state index contributed by atoms with van der Waals surface area (Å²) < 4.78 is 40.0. The predicted molar refractivity (Wildman–Crippen MR) is 102 cm³/mol. The molecule has 29 heavy (non-hydrogen) atoms. The molecule has 0 bridgehead atoms. The van der Waals surface area contributed by atoms with E-state index in [-0.39, 0.29) is 23.1 Å². The molecule has 0 spiro atoms. The Morgan fingerprint density at radius 2 is 1.93 bits per heavy atom. The molecule has 1 N–H and O–H groups in total. The zero-order valence-electron chi connectivity index (χ0n) is 17.1. The fourth-order valence-corrected chi connectivity index (χ4v) is 3.12. The maximum atomic E-state index is 12.8. The third kappa shape index (κ3) is 5.16. The summed E-state index contributed by atoms with van der Waals surface area (Å²) >= 11 is 0. The lowest BCUT2D eigenvalue weighted by molar-refractivity contribution is -0.136. The molecule has 7 nitrogen and oxygen atoms in total. The quantitative estimate of drug-likeness (QED) is 0.656. The van der Waals surface area contributed by atoms with Crippen LogP contribution in [-0.4, -0.2) is 44.3 Å². The van der Waals surface area contributed by atoms with Gasteiger partial charge in [0.05, 0.1) is 25.8 Å². The number of nitrogens with zero attached hydrogens (tertiary/aromatic N) is 1. The van der Waals surface area contributed by atoms with Crippen LogP contribution in [0.4, 0.5) is 13.6 Å². The zero-order valence-corrected chi connectivity index (χ0v) is 17.1. The average Bonchev–Trinajstić information content (AvgIpc) is 2.66. The van der Waals surface area contributed by atoms with Crippen molar-refractivity contribution in [3.05, 3.63) is 35.0 Å². The third-order valence-electron chi connectivity index (χ3n) is 4.67. The van der Waals surface area contributed by atoms with Gasteiger partial charge in [-0.1, -0.05) is 19.9 Å². The van der Waals surface area contributed by atoms with Gasteiger partial charge in [-0.3, -0.25) is 4.90 Å². The molecule has 1 aromatic carbocycles. The summed E-state index contributed by atoms with van der Waals surface area (Å²) in [4.78, 5) is 26.7. The summed E-state index contributed by atoms with van der Waals surface area (Å²) in [7, 11) is 2.57. The van der Waals surface area contributed by atoms with Crippen molar-refractivity contribution in [1.29, 1.82) is 0 Å². The zero-order chi connectivity index (χ0) is 21.7. The molecule has 0 fully saturated rings. The van der Waals surface area contributed by atoms with Crippen molar-refractivity contribution < 1.29 is 32.6 Å². The van der Waals surface area contributed by atoms with Gasteiger partial charge in [0, 0.05) is 12.2 Å². The summed E-state index contributed by atoms with van der Waals surface area (Å²) in [5.41, 5.74) is 1.07.